The van der Waals surface area contributed by atoms with Crippen molar-refractivity contribution in [2.75, 3.05) is 13.2 Å². The van der Waals surface area contributed by atoms with Gasteiger partial charge in [0.25, 0.3) is 0 Å². The van der Waals surface area contributed by atoms with Gasteiger partial charge in [-0.2, -0.15) is 5.10 Å². The van der Waals surface area contributed by atoms with E-state index in [1.807, 2.05) is 20.8 Å². The van der Waals surface area contributed by atoms with Crippen molar-refractivity contribution in [3.63, 3.8) is 0 Å². The van der Waals surface area contributed by atoms with E-state index >= 15 is 0 Å². The van der Waals surface area contributed by atoms with Crippen LogP contribution in [0.4, 0.5) is 0 Å². The molecule has 1 rings (SSSR count). The minimum absolute atomic E-state index is 0.194. The number of hydrogen-bond donors (Lipinski definition) is 1. The van der Waals surface area contributed by atoms with Gasteiger partial charge in [0.1, 0.15) is 0 Å². The van der Waals surface area contributed by atoms with Gasteiger partial charge < -0.3 is 9.84 Å². The van der Waals surface area contributed by atoms with E-state index in [-0.39, 0.29) is 6.04 Å². The predicted molar refractivity (Wildman–Crippen MR) is 68.3 cm³/mol. The number of halogens is 1. The van der Waals surface area contributed by atoms with Crippen molar-refractivity contribution in [1.29, 1.82) is 0 Å². The Balaban J connectivity index is 2.61. The lowest BCUT2D eigenvalue weighted by Crippen LogP contribution is -2.12. The molecule has 4 nitrogen and oxygen atoms in total. The maximum absolute atomic E-state index is 10.1. The van der Waals surface area contributed by atoms with Gasteiger partial charge in [0.2, 0.25) is 0 Å². The van der Waals surface area contributed by atoms with E-state index in [0.717, 1.165) is 6.42 Å². The lowest BCUT2D eigenvalue weighted by Gasteiger charge is -2.16. The highest BCUT2D eigenvalue weighted by atomic mass is 35.5. The molecule has 0 aromatic carbocycles. The lowest BCUT2D eigenvalue weighted by molar-refractivity contribution is 0.110. The lowest BCUT2D eigenvalue weighted by atomic mass is 10.1. The fraction of sp³-hybridized carbons (Fsp3) is 0.750. The molecule has 0 aliphatic rings. The van der Waals surface area contributed by atoms with E-state index in [0.29, 0.717) is 30.4 Å². The Morgan fingerprint density at radius 3 is 2.82 bits per heavy atom. The molecule has 1 aromatic rings. The summed E-state index contributed by atoms with van der Waals surface area (Å²) in [7, 11) is 0. The summed E-state index contributed by atoms with van der Waals surface area (Å²) in [5.74, 6) is 0. The largest absolute Gasteiger partial charge is 0.387 e. The first-order valence-corrected chi connectivity index (χ1v) is 6.44. The first-order valence-electron chi connectivity index (χ1n) is 6.06. The second-order valence-corrected chi connectivity index (χ2v) is 4.68. The molecule has 1 N–H and O–H groups in total. The summed E-state index contributed by atoms with van der Waals surface area (Å²) in [6, 6.07) is 0.194. The second kappa shape index (κ2) is 6.99. The standard InChI is InChI=1S/C12H21ClN2O2/c1-4-17-7-5-6-11(16)12-10(13)8-14-15(12)9(2)3/h8-9,11,16H,4-7H2,1-3H3. The predicted octanol–water partition coefficient (Wildman–Crippen LogP) is 2.97. The minimum atomic E-state index is -0.576. The monoisotopic (exact) mass is 260 g/mol. The number of hydrogen-bond acceptors (Lipinski definition) is 3. The Hall–Kier alpha value is -0.580. The molecule has 0 saturated carbocycles. The number of rotatable bonds is 7. The van der Waals surface area contributed by atoms with E-state index in [9.17, 15) is 5.11 Å². The molecule has 98 valence electrons. The van der Waals surface area contributed by atoms with Crippen LogP contribution in [0.15, 0.2) is 6.20 Å². The van der Waals surface area contributed by atoms with Gasteiger partial charge in [-0.3, -0.25) is 4.68 Å². The van der Waals surface area contributed by atoms with E-state index in [1.54, 1.807) is 10.9 Å². The first-order chi connectivity index (χ1) is 8.07. The van der Waals surface area contributed by atoms with Crippen molar-refractivity contribution in [3.05, 3.63) is 16.9 Å². The molecule has 1 aromatic heterocycles. The number of aliphatic hydroxyl groups excluding tert-OH is 1. The smallest absolute Gasteiger partial charge is 0.0972 e. The molecule has 17 heavy (non-hydrogen) atoms. The maximum atomic E-state index is 10.1. The fourth-order valence-corrected chi connectivity index (χ4v) is 1.99. The van der Waals surface area contributed by atoms with E-state index in [1.165, 1.54) is 0 Å². The summed E-state index contributed by atoms with van der Waals surface area (Å²) in [4.78, 5) is 0. The van der Waals surface area contributed by atoms with E-state index < -0.39 is 6.10 Å². The van der Waals surface area contributed by atoms with Gasteiger partial charge in [0.05, 0.1) is 23.0 Å². The van der Waals surface area contributed by atoms with Crippen molar-refractivity contribution < 1.29 is 9.84 Å². The Labute approximate surface area is 108 Å². The van der Waals surface area contributed by atoms with Crippen molar-refractivity contribution in [2.24, 2.45) is 0 Å². The van der Waals surface area contributed by atoms with Crippen LogP contribution in [0.2, 0.25) is 5.02 Å². The Morgan fingerprint density at radius 1 is 1.53 bits per heavy atom. The van der Waals surface area contributed by atoms with Gasteiger partial charge in [-0.15, -0.1) is 0 Å². The SMILES string of the molecule is CCOCCCC(O)c1c(Cl)cnn1C(C)C. The van der Waals surface area contributed by atoms with Crippen molar-refractivity contribution in [1.82, 2.24) is 9.78 Å². The van der Waals surface area contributed by atoms with Crippen LogP contribution in [0.3, 0.4) is 0 Å². The summed E-state index contributed by atoms with van der Waals surface area (Å²) in [6.07, 6.45) is 2.46. The fourth-order valence-electron chi connectivity index (χ4n) is 1.73. The van der Waals surface area contributed by atoms with Gasteiger partial charge in [-0.25, -0.2) is 0 Å². The molecular formula is C12H21ClN2O2. The normalized spacial score (nSPS) is 13.3. The van der Waals surface area contributed by atoms with Crippen LogP contribution in [0.25, 0.3) is 0 Å². The Kier molecular flexibility index (Phi) is 5.95. The highest BCUT2D eigenvalue weighted by molar-refractivity contribution is 6.31. The van der Waals surface area contributed by atoms with Crippen LogP contribution in [-0.2, 0) is 4.74 Å². The second-order valence-electron chi connectivity index (χ2n) is 4.27. The molecule has 0 radical (unpaired) electrons. The number of ether oxygens (including phenoxy) is 1. The number of aliphatic hydroxyl groups is 1. The van der Waals surface area contributed by atoms with Gasteiger partial charge in [0.15, 0.2) is 0 Å². The molecule has 0 saturated heterocycles. The molecule has 5 heteroatoms. The molecule has 0 aliphatic heterocycles. The third-order valence-electron chi connectivity index (χ3n) is 2.56. The third kappa shape index (κ3) is 3.98. The summed E-state index contributed by atoms with van der Waals surface area (Å²) in [6.45, 7) is 7.36. The first kappa shape index (κ1) is 14.5. The molecule has 0 spiro atoms. The van der Waals surface area contributed by atoms with Crippen LogP contribution in [0, 0.1) is 0 Å². The van der Waals surface area contributed by atoms with Crippen LogP contribution in [0.1, 0.15) is 51.5 Å². The molecule has 0 fully saturated rings. The van der Waals surface area contributed by atoms with Crippen LogP contribution >= 0.6 is 11.6 Å². The van der Waals surface area contributed by atoms with Crippen molar-refractivity contribution >= 4 is 11.6 Å². The zero-order chi connectivity index (χ0) is 12.8. The Morgan fingerprint density at radius 2 is 2.24 bits per heavy atom. The van der Waals surface area contributed by atoms with Gasteiger partial charge in [-0.05, 0) is 33.6 Å². The van der Waals surface area contributed by atoms with Gasteiger partial charge >= 0.3 is 0 Å². The highest BCUT2D eigenvalue weighted by Gasteiger charge is 2.19. The zero-order valence-electron chi connectivity index (χ0n) is 10.7. The average Bonchev–Trinajstić information content (AvgIpc) is 2.66. The molecule has 1 unspecified atom stereocenters. The molecule has 0 amide bonds. The molecular weight excluding hydrogens is 240 g/mol. The molecule has 0 bridgehead atoms. The zero-order valence-corrected chi connectivity index (χ0v) is 11.4. The molecule has 1 heterocycles. The number of nitrogens with zero attached hydrogens (tertiary/aromatic N) is 2. The van der Waals surface area contributed by atoms with Crippen LogP contribution < -0.4 is 0 Å². The average molecular weight is 261 g/mol. The summed E-state index contributed by atoms with van der Waals surface area (Å²) >= 11 is 6.05. The van der Waals surface area contributed by atoms with Crippen LogP contribution in [-0.4, -0.2) is 28.1 Å². The third-order valence-corrected chi connectivity index (χ3v) is 2.85. The molecule has 0 aliphatic carbocycles. The number of aromatic nitrogens is 2. The van der Waals surface area contributed by atoms with E-state index in [4.69, 9.17) is 16.3 Å². The molecule has 1 atom stereocenters. The summed E-state index contributed by atoms with van der Waals surface area (Å²) in [5.41, 5.74) is 0.707. The summed E-state index contributed by atoms with van der Waals surface area (Å²) in [5, 5.41) is 14.8. The van der Waals surface area contributed by atoms with Gasteiger partial charge in [0, 0.05) is 19.3 Å². The van der Waals surface area contributed by atoms with Crippen molar-refractivity contribution in [3.8, 4) is 0 Å². The van der Waals surface area contributed by atoms with Crippen molar-refractivity contribution in [2.45, 2.75) is 45.8 Å². The van der Waals surface area contributed by atoms with Crippen LogP contribution in [0.5, 0.6) is 0 Å². The topological polar surface area (TPSA) is 47.3 Å². The summed E-state index contributed by atoms with van der Waals surface area (Å²) < 4.78 is 7.01. The quantitative estimate of drug-likeness (QED) is 0.767. The highest BCUT2D eigenvalue weighted by Crippen LogP contribution is 2.28. The Bertz CT molecular complexity index is 339. The van der Waals surface area contributed by atoms with Gasteiger partial charge in [-0.1, -0.05) is 11.6 Å². The van der Waals surface area contributed by atoms with E-state index in [2.05, 4.69) is 5.10 Å². The minimum Gasteiger partial charge on any atom is -0.387 e. The maximum Gasteiger partial charge on any atom is 0.0972 e.